The van der Waals surface area contributed by atoms with Crippen LogP contribution in [0, 0.1) is 11.8 Å². The number of rotatable bonds is 3. The predicted octanol–water partition coefficient (Wildman–Crippen LogP) is 4.92. The van der Waals surface area contributed by atoms with E-state index in [4.69, 9.17) is 0 Å². The van der Waals surface area contributed by atoms with Crippen LogP contribution in [0.4, 0.5) is 0 Å². The van der Waals surface area contributed by atoms with Crippen molar-refractivity contribution in [2.45, 2.75) is 52.1 Å². The van der Waals surface area contributed by atoms with Gasteiger partial charge >= 0.3 is 0 Å². The maximum atomic E-state index is 3.85. The van der Waals surface area contributed by atoms with Gasteiger partial charge in [-0.25, -0.2) is 0 Å². The van der Waals surface area contributed by atoms with Crippen LogP contribution in [-0.2, 0) is 0 Å². The molecule has 1 fully saturated rings. The van der Waals surface area contributed by atoms with E-state index in [1.807, 2.05) is 0 Å². The van der Waals surface area contributed by atoms with E-state index < -0.39 is 0 Å². The number of benzene rings is 1. The molecular formula is C16H24BrN. The predicted molar refractivity (Wildman–Crippen MR) is 81.7 cm³/mol. The van der Waals surface area contributed by atoms with Crippen LogP contribution >= 0.6 is 15.9 Å². The largest absolute Gasteiger partial charge is 0.307 e. The Balaban J connectivity index is 2.06. The zero-order valence-electron chi connectivity index (χ0n) is 11.6. The molecule has 1 aromatic carbocycles. The number of halogens is 1. The Morgan fingerprint density at radius 2 is 1.78 bits per heavy atom. The molecule has 0 radical (unpaired) electrons. The molecule has 1 saturated carbocycles. The minimum atomic E-state index is 0.411. The van der Waals surface area contributed by atoms with Gasteiger partial charge in [0.05, 0.1) is 0 Å². The highest BCUT2D eigenvalue weighted by Crippen LogP contribution is 2.31. The van der Waals surface area contributed by atoms with Gasteiger partial charge in [0, 0.05) is 16.6 Å². The molecule has 1 N–H and O–H groups in total. The Morgan fingerprint density at radius 3 is 2.39 bits per heavy atom. The summed E-state index contributed by atoms with van der Waals surface area (Å²) in [5, 5.41) is 3.85. The van der Waals surface area contributed by atoms with Crippen molar-refractivity contribution in [3.63, 3.8) is 0 Å². The minimum absolute atomic E-state index is 0.411. The fraction of sp³-hybridized carbons (Fsp3) is 0.625. The van der Waals surface area contributed by atoms with Crippen molar-refractivity contribution >= 4 is 15.9 Å². The van der Waals surface area contributed by atoms with Crippen molar-refractivity contribution in [3.05, 3.63) is 34.3 Å². The summed E-state index contributed by atoms with van der Waals surface area (Å²) in [5.74, 6) is 1.58. The summed E-state index contributed by atoms with van der Waals surface area (Å²) in [7, 11) is 0. The first-order valence-corrected chi connectivity index (χ1v) is 7.89. The molecule has 18 heavy (non-hydrogen) atoms. The van der Waals surface area contributed by atoms with E-state index in [9.17, 15) is 0 Å². The molecule has 0 aliphatic heterocycles. The third-order valence-electron chi connectivity index (χ3n) is 4.36. The van der Waals surface area contributed by atoms with Gasteiger partial charge in [-0.1, -0.05) is 54.4 Å². The molecule has 1 aliphatic rings. The summed E-state index contributed by atoms with van der Waals surface area (Å²) in [6.07, 6.45) is 4.12. The Kier molecular flexibility index (Phi) is 4.85. The molecule has 2 heteroatoms. The molecule has 100 valence electrons. The van der Waals surface area contributed by atoms with Crippen molar-refractivity contribution in [2.24, 2.45) is 11.8 Å². The van der Waals surface area contributed by atoms with Gasteiger partial charge in [-0.2, -0.15) is 0 Å². The van der Waals surface area contributed by atoms with Crippen LogP contribution < -0.4 is 5.32 Å². The average Bonchev–Trinajstić information content (AvgIpc) is 2.34. The van der Waals surface area contributed by atoms with Crippen molar-refractivity contribution in [1.82, 2.24) is 5.32 Å². The van der Waals surface area contributed by atoms with Crippen LogP contribution in [-0.4, -0.2) is 6.04 Å². The van der Waals surface area contributed by atoms with Gasteiger partial charge < -0.3 is 5.32 Å². The van der Waals surface area contributed by atoms with E-state index in [1.54, 1.807) is 0 Å². The monoisotopic (exact) mass is 309 g/mol. The zero-order valence-corrected chi connectivity index (χ0v) is 13.2. The summed E-state index contributed by atoms with van der Waals surface area (Å²) in [6.45, 7) is 7.05. The molecule has 1 nitrogen and oxygen atoms in total. The van der Waals surface area contributed by atoms with Gasteiger partial charge in [-0.3, -0.25) is 0 Å². The second-order valence-corrected chi connectivity index (χ2v) is 6.68. The molecule has 0 aromatic heterocycles. The van der Waals surface area contributed by atoms with Crippen LogP contribution in [0.2, 0.25) is 0 Å². The number of hydrogen-bond acceptors (Lipinski definition) is 1. The van der Waals surface area contributed by atoms with Gasteiger partial charge in [0.2, 0.25) is 0 Å². The summed E-state index contributed by atoms with van der Waals surface area (Å²) >= 11 is 3.65. The summed E-state index contributed by atoms with van der Waals surface area (Å²) in [6, 6.07) is 9.59. The molecule has 1 aliphatic carbocycles. The Morgan fingerprint density at radius 1 is 1.17 bits per heavy atom. The molecule has 0 spiro atoms. The molecule has 3 atom stereocenters. The Hall–Kier alpha value is -0.340. The molecule has 0 bridgehead atoms. The van der Waals surface area contributed by atoms with Crippen molar-refractivity contribution in [2.75, 3.05) is 0 Å². The minimum Gasteiger partial charge on any atom is -0.307 e. The maximum absolute atomic E-state index is 3.85. The maximum Gasteiger partial charge on any atom is 0.0305 e. The summed E-state index contributed by atoms with van der Waals surface area (Å²) in [4.78, 5) is 0. The van der Waals surface area contributed by atoms with E-state index in [2.05, 4.69) is 66.3 Å². The van der Waals surface area contributed by atoms with Crippen LogP contribution in [0.1, 0.15) is 51.6 Å². The Labute approximate surface area is 119 Å². The first-order chi connectivity index (χ1) is 8.59. The first kappa shape index (κ1) is 14.1. The lowest BCUT2D eigenvalue weighted by atomic mass is 9.78. The van der Waals surface area contributed by atoms with Gasteiger partial charge in [0.15, 0.2) is 0 Å². The van der Waals surface area contributed by atoms with E-state index in [-0.39, 0.29) is 0 Å². The molecular weight excluding hydrogens is 286 g/mol. The Bertz CT molecular complexity index is 380. The highest BCUT2D eigenvalue weighted by molar-refractivity contribution is 9.10. The summed E-state index contributed by atoms with van der Waals surface area (Å²) in [5.41, 5.74) is 1.36. The smallest absolute Gasteiger partial charge is 0.0305 e. The molecule has 0 heterocycles. The van der Waals surface area contributed by atoms with E-state index >= 15 is 0 Å². The first-order valence-electron chi connectivity index (χ1n) is 7.10. The van der Waals surface area contributed by atoms with Gasteiger partial charge in [0.1, 0.15) is 0 Å². The lowest BCUT2D eigenvalue weighted by molar-refractivity contribution is 0.196. The zero-order chi connectivity index (χ0) is 13.1. The molecule has 1 aromatic rings. The fourth-order valence-corrected chi connectivity index (χ4v) is 3.84. The molecule has 0 saturated heterocycles. The standard InChI is InChI=1S/C16H24BrN/c1-11-7-6-8-12(2)16(11)18-13(3)14-9-4-5-10-15(14)17/h4-5,9-13,16,18H,6-8H2,1-3H3. The van der Waals surface area contributed by atoms with Gasteiger partial charge in [-0.15, -0.1) is 0 Å². The summed E-state index contributed by atoms with van der Waals surface area (Å²) < 4.78 is 1.21. The number of nitrogens with one attached hydrogen (secondary N) is 1. The van der Waals surface area contributed by atoms with Crippen LogP contribution in [0.15, 0.2) is 28.7 Å². The molecule has 2 rings (SSSR count). The van der Waals surface area contributed by atoms with Gasteiger partial charge in [-0.05, 0) is 43.2 Å². The van der Waals surface area contributed by atoms with Crippen LogP contribution in [0.25, 0.3) is 0 Å². The van der Waals surface area contributed by atoms with E-state index in [0.717, 1.165) is 11.8 Å². The average molecular weight is 310 g/mol. The van der Waals surface area contributed by atoms with Gasteiger partial charge in [0.25, 0.3) is 0 Å². The molecule has 0 amide bonds. The van der Waals surface area contributed by atoms with E-state index in [0.29, 0.717) is 12.1 Å². The third-order valence-corrected chi connectivity index (χ3v) is 5.08. The van der Waals surface area contributed by atoms with Crippen molar-refractivity contribution in [3.8, 4) is 0 Å². The van der Waals surface area contributed by atoms with Crippen molar-refractivity contribution < 1.29 is 0 Å². The highest BCUT2D eigenvalue weighted by atomic mass is 79.9. The second-order valence-electron chi connectivity index (χ2n) is 5.82. The van der Waals surface area contributed by atoms with Crippen LogP contribution in [0.5, 0.6) is 0 Å². The number of hydrogen-bond donors (Lipinski definition) is 1. The molecule has 3 unspecified atom stereocenters. The fourth-order valence-electron chi connectivity index (χ4n) is 3.22. The lowest BCUT2D eigenvalue weighted by Crippen LogP contribution is -2.43. The SMILES string of the molecule is CC(NC1C(C)CCCC1C)c1ccccc1Br. The van der Waals surface area contributed by atoms with Crippen molar-refractivity contribution in [1.29, 1.82) is 0 Å². The van der Waals surface area contributed by atoms with E-state index in [1.165, 1.54) is 29.3 Å². The lowest BCUT2D eigenvalue weighted by Gasteiger charge is -2.37. The third kappa shape index (κ3) is 3.16. The quantitative estimate of drug-likeness (QED) is 0.835. The second kappa shape index (κ2) is 6.21. The topological polar surface area (TPSA) is 12.0 Å². The van der Waals surface area contributed by atoms with Crippen LogP contribution in [0.3, 0.4) is 0 Å². The highest BCUT2D eigenvalue weighted by Gasteiger charge is 2.28. The normalized spacial score (nSPS) is 30.1.